The Morgan fingerprint density at radius 1 is 1.32 bits per heavy atom. The van der Waals surface area contributed by atoms with Crippen LogP contribution in [0.3, 0.4) is 0 Å². The van der Waals surface area contributed by atoms with Crippen LogP contribution in [0.15, 0.2) is 23.0 Å². The van der Waals surface area contributed by atoms with Crippen molar-refractivity contribution in [3.8, 4) is 0 Å². The van der Waals surface area contributed by atoms with E-state index in [1.807, 2.05) is 0 Å². The van der Waals surface area contributed by atoms with Crippen LogP contribution in [0.4, 0.5) is 0 Å². The van der Waals surface area contributed by atoms with E-state index >= 15 is 0 Å². The van der Waals surface area contributed by atoms with Gasteiger partial charge < -0.3 is 4.74 Å². The van der Waals surface area contributed by atoms with Crippen molar-refractivity contribution < 1.29 is 9.53 Å². The first-order chi connectivity index (χ1) is 10.5. The predicted octanol–water partition coefficient (Wildman–Crippen LogP) is 4.66. The molecule has 0 aromatic rings. The molecule has 22 heavy (non-hydrogen) atoms. The molecule has 5 atom stereocenters. The highest BCUT2D eigenvalue weighted by molar-refractivity contribution is 5.87. The van der Waals surface area contributed by atoms with Gasteiger partial charge in [-0.25, -0.2) is 0 Å². The van der Waals surface area contributed by atoms with Gasteiger partial charge >= 0.3 is 0 Å². The van der Waals surface area contributed by atoms with Gasteiger partial charge in [-0.3, -0.25) is 4.79 Å². The Morgan fingerprint density at radius 2 is 2.14 bits per heavy atom. The van der Waals surface area contributed by atoms with Crippen molar-refractivity contribution >= 4 is 5.78 Å². The summed E-state index contributed by atoms with van der Waals surface area (Å²) in [6, 6.07) is 0. The molecule has 4 aliphatic carbocycles. The van der Waals surface area contributed by atoms with Gasteiger partial charge in [-0.1, -0.05) is 25.0 Å². The molecule has 4 rings (SSSR count). The van der Waals surface area contributed by atoms with E-state index < -0.39 is 0 Å². The molecule has 2 heteroatoms. The zero-order valence-electron chi connectivity index (χ0n) is 14.2. The van der Waals surface area contributed by atoms with Gasteiger partial charge in [0, 0.05) is 18.3 Å². The maximum atomic E-state index is 12.4. The maximum absolute atomic E-state index is 12.4. The monoisotopic (exact) mass is 300 g/mol. The molecular formula is C20H28O2. The first kappa shape index (κ1) is 14.5. The summed E-state index contributed by atoms with van der Waals surface area (Å²) >= 11 is 0. The van der Waals surface area contributed by atoms with Crippen molar-refractivity contribution in [3.05, 3.63) is 23.0 Å². The van der Waals surface area contributed by atoms with Crippen LogP contribution < -0.4 is 0 Å². The van der Waals surface area contributed by atoms with Gasteiger partial charge in [-0.05, 0) is 61.9 Å². The van der Waals surface area contributed by atoms with Crippen LogP contribution in [0, 0.1) is 29.1 Å². The number of carbonyl (C=O) groups is 1. The summed E-state index contributed by atoms with van der Waals surface area (Å²) in [5.41, 5.74) is 3.36. The average molecular weight is 300 g/mol. The molecule has 2 fully saturated rings. The third kappa shape index (κ3) is 1.88. The summed E-state index contributed by atoms with van der Waals surface area (Å²) < 4.78 is 5.49. The summed E-state index contributed by atoms with van der Waals surface area (Å²) in [5, 5.41) is 0. The van der Waals surface area contributed by atoms with Crippen LogP contribution in [-0.4, -0.2) is 12.9 Å². The molecule has 4 aliphatic rings. The number of Topliss-reactive ketones (excluding diaryl/α,β-unsaturated/α-hetero) is 1. The van der Waals surface area contributed by atoms with E-state index in [4.69, 9.17) is 4.74 Å². The number of ether oxygens (including phenoxy) is 1. The number of rotatable bonds is 1. The summed E-state index contributed by atoms with van der Waals surface area (Å²) in [7, 11) is 1.79. The lowest BCUT2D eigenvalue weighted by atomic mass is 9.52. The van der Waals surface area contributed by atoms with Crippen molar-refractivity contribution in [3.63, 3.8) is 0 Å². The highest BCUT2D eigenvalue weighted by atomic mass is 16.5. The summed E-state index contributed by atoms with van der Waals surface area (Å²) in [6.07, 6.45) is 9.94. The Hall–Kier alpha value is -1.05. The molecule has 0 heterocycles. The lowest BCUT2D eigenvalue weighted by Crippen LogP contribution is -2.46. The number of allylic oxidation sites excluding steroid dienone is 3. The second-order valence-corrected chi connectivity index (χ2v) is 8.27. The predicted molar refractivity (Wildman–Crippen MR) is 87.2 cm³/mol. The van der Waals surface area contributed by atoms with Crippen molar-refractivity contribution in [2.45, 2.75) is 58.8 Å². The second kappa shape index (κ2) is 4.97. The lowest BCUT2D eigenvalue weighted by Gasteiger charge is -2.52. The minimum absolute atomic E-state index is 0.00428. The third-order valence-electron chi connectivity index (χ3n) is 7.37. The first-order valence-electron chi connectivity index (χ1n) is 9.01. The Balaban J connectivity index is 1.67. The highest BCUT2D eigenvalue weighted by Crippen LogP contribution is 2.61. The second-order valence-electron chi connectivity index (χ2n) is 8.27. The molecule has 2 nitrogen and oxygen atoms in total. The topological polar surface area (TPSA) is 26.3 Å². The van der Waals surface area contributed by atoms with Gasteiger partial charge in [0.25, 0.3) is 0 Å². The molecule has 0 unspecified atom stereocenters. The summed E-state index contributed by atoms with van der Waals surface area (Å²) in [5.74, 6) is 4.53. The van der Waals surface area contributed by atoms with Crippen molar-refractivity contribution in [1.29, 1.82) is 0 Å². The van der Waals surface area contributed by atoms with Gasteiger partial charge in [-0.2, -0.15) is 0 Å². The molecule has 2 saturated carbocycles. The number of fused-ring (bicyclic) bond motifs is 4. The summed E-state index contributed by atoms with van der Waals surface area (Å²) in [6.45, 7) is 4.70. The Bertz CT molecular complexity index is 570. The molecular weight excluding hydrogens is 272 g/mol. The van der Waals surface area contributed by atoms with Crippen molar-refractivity contribution in [2.24, 2.45) is 29.1 Å². The Labute approximate surface area is 134 Å². The zero-order chi connectivity index (χ0) is 15.5. The molecule has 0 aromatic heterocycles. The number of carbonyl (C=O) groups excluding carboxylic acids is 1. The first-order valence-corrected chi connectivity index (χ1v) is 9.01. The van der Waals surface area contributed by atoms with Crippen LogP contribution in [0.25, 0.3) is 0 Å². The minimum atomic E-state index is -0.00428. The molecule has 0 saturated heterocycles. The molecule has 0 amide bonds. The number of methoxy groups -OCH3 is 1. The van der Waals surface area contributed by atoms with Crippen LogP contribution in [-0.2, 0) is 9.53 Å². The number of hydrogen-bond donors (Lipinski definition) is 0. The van der Waals surface area contributed by atoms with E-state index in [2.05, 4.69) is 19.9 Å². The van der Waals surface area contributed by atoms with Gasteiger partial charge in [-0.15, -0.1) is 0 Å². The quantitative estimate of drug-likeness (QED) is 0.658. The van der Waals surface area contributed by atoms with Crippen LogP contribution >= 0.6 is 0 Å². The third-order valence-corrected chi connectivity index (χ3v) is 7.37. The number of hydrogen-bond acceptors (Lipinski definition) is 2. The van der Waals surface area contributed by atoms with Gasteiger partial charge in [0.15, 0.2) is 0 Å². The smallest absolute Gasteiger partial charge is 0.139 e. The Kier molecular flexibility index (Phi) is 3.29. The van der Waals surface area contributed by atoms with Crippen LogP contribution in [0.2, 0.25) is 0 Å². The molecule has 0 bridgehead atoms. The largest absolute Gasteiger partial charge is 0.501 e. The molecule has 0 spiro atoms. The zero-order valence-corrected chi connectivity index (χ0v) is 14.2. The minimum Gasteiger partial charge on any atom is -0.501 e. The SMILES string of the molecule is COC1=CCC2=C(C1)C[C@@H](C)[C@@H]1[C@H]2CC[C@]2(C)C(=O)CC[C@@H]12. The normalized spacial score (nSPS) is 44.1. The summed E-state index contributed by atoms with van der Waals surface area (Å²) in [4.78, 5) is 12.4. The van der Waals surface area contributed by atoms with Crippen LogP contribution in [0.5, 0.6) is 0 Å². The van der Waals surface area contributed by atoms with E-state index in [0.29, 0.717) is 11.7 Å². The van der Waals surface area contributed by atoms with E-state index in [0.717, 1.165) is 55.6 Å². The standard InChI is InChI=1S/C20H28O2/c1-12-10-13-11-14(22-3)4-5-15(13)16-8-9-20(2)17(19(12)16)6-7-18(20)21/h4,12,16-17,19H,5-11H2,1-3H3/t12-,16+,17+,19-,20+/m1/s1. The van der Waals surface area contributed by atoms with Gasteiger partial charge in [0.05, 0.1) is 12.9 Å². The highest BCUT2D eigenvalue weighted by Gasteiger charge is 2.56. The van der Waals surface area contributed by atoms with E-state index in [9.17, 15) is 4.79 Å². The van der Waals surface area contributed by atoms with Crippen molar-refractivity contribution in [1.82, 2.24) is 0 Å². The Morgan fingerprint density at radius 3 is 2.91 bits per heavy atom. The molecule has 120 valence electrons. The van der Waals surface area contributed by atoms with E-state index in [-0.39, 0.29) is 5.41 Å². The van der Waals surface area contributed by atoms with Crippen molar-refractivity contribution in [2.75, 3.05) is 7.11 Å². The fraction of sp³-hybridized carbons (Fsp3) is 0.750. The molecule has 0 aliphatic heterocycles. The van der Waals surface area contributed by atoms with Crippen LogP contribution in [0.1, 0.15) is 58.8 Å². The molecule has 0 N–H and O–H groups in total. The lowest BCUT2D eigenvalue weighted by molar-refractivity contribution is -0.130. The molecule has 0 radical (unpaired) electrons. The van der Waals surface area contributed by atoms with E-state index in [1.54, 1.807) is 18.3 Å². The fourth-order valence-electron chi connectivity index (χ4n) is 6.23. The fourth-order valence-corrected chi connectivity index (χ4v) is 6.23. The van der Waals surface area contributed by atoms with Gasteiger partial charge in [0.1, 0.15) is 5.78 Å². The molecule has 0 aromatic carbocycles. The number of ketones is 1. The van der Waals surface area contributed by atoms with Gasteiger partial charge in [0.2, 0.25) is 0 Å². The average Bonchev–Trinajstić information content (AvgIpc) is 2.82. The maximum Gasteiger partial charge on any atom is 0.139 e. The van der Waals surface area contributed by atoms with E-state index in [1.165, 1.54) is 12.8 Å².